The quantitative estimate of drug-likeness (QED) is 0.734. The van der Waals surface area contributed by atoms with Gasteiger partial charge in [-0.05, 0) is 22.9 Å². The third kappa shape index (κ3) is 3.13. The van der Waals surface area contributed by atoms with Crippen molar-refractivity contribution in [2.75, 3.05) is 0 Å². The lowest BCUT2D eigenvalue weighted by atomic mass is 9.98. The molecule has 0 saturated heterocycles. The van der Waals surface area contributed by atoms with Crippen LogP contribution >= 0.6 is 0 Å². The van der Waals surface area contributed by atoms with Crippen LogP contribution in [0.2, 0.25) is 0 Å². The molecule has 0 fully saturated rings. The van der Waals surface area contributed by atoms with E-state index >= 15 is 0 Å². The Hall–Kier alpha value is -3.14. The molecule has 0 radical (unpaired) electrons. The molecule has 1 aliphatic rings. The number of benzene rings is 2. The maximum absolute atomic E-state index is 12.6. The summed E-state index contributed by atoms with van der Waals surface area (Å²) < 4.78 is 10.9. The zero-order valence-corrected chi connectivity index (χ0v) is 13.2. The van der Waals surface area contributed by atoms with E-state index in [4.69, 9.17) is 9.47 Å². The van der Waals surface area contributed by atoms with E-state index in [9.17, 15) is 9.59 Å². The average molecular weight is 320 g/mol. The molecule has 0 aromatic heterocycles. The first-order valence-electron chi connectivity index (χ1n) is 7.53. The second kappa shape index (κ2) is 6.54. The van der Waals surface area contributed by atoms with Gasteiger partial charge in [0, 0.05) is 13.3 Å². The Morgan fingerprint density at radius 2 is 2.00 bits per heavy atom. The fraction of sp³-hybridized carbons (Fsp3) is 0.100. The van der Waals surface area contributed by atoms with Crippen molar-refractivity contribution in [3.63, 3.8) is 0 Å². The van der Waals surface area contributed by atoms with Crippen LogP contribution in [0.3, 0.4) is 0 Å². The van der Waals surface area contributed by atoms with Gasteiger partial charge in [-0.3, -0.25) is 9.59 Å². The number of fused-ring (bicyclic) bond motifs is 3. The molecule has 120 valence electrons. The SMILES string of the molecule is C=C1Oc2ccc3ccccc3c2C(=O)C/C=C\C=C/1OC(C)=O. The van der Waals surface area contributed by atoms with Gasteiger partial charge in [0.15, 0.2) is 17.3 Å². The Labute approximate surface area is 139 Å². The number of Topliss-reactive ketones (excluding diaryl/α,β-unsaturated/α-hetero) is 1. The lowest BCUT2D eigenvalue weighted by Crippen LogP contribution is -2.09. The standard InChI is InChI=1S/C20H16O4/c1-13-18(24-14(2)21)10-6-5-9-17(22)20-16-8-4-3-7-15(16)11-12-19(20)23-13/h3-8,10-12H,1,9H2,2H3/b6-5-,18-10+. The maximum Gasteiger partial charge on any atom is 0.308 e. The Bertz CT molecular complexity index is 903. The zero-order valence-electron chi connectivity index (χ0n) is 13.2. The van der Waals surface area contributed by atoms with Crippen molar-refractivity contribution >= 4 is 22.5 Å². The van der Waals surface area contributed by atoms with Crippen molar-refractivity contribution in [2.24, 2.45) is 0 Å². The lowest BCUT2D eigenvalue weighted by molar-refractivity contribution is -0.136. The molecule has 0 spiro atoms. The molecular formula is C20H16O4. The van der Waals surface area contributed by atoms with Crippen molar-refractivity contribution < 1.29 is 19.1 Å². The van der Waals surface area contributed by atoms with Crippen molar-refractivity contribution in [3.05, 3.63) is 78.3 Å². The minimum absolute atomic E-state index is 0.0461. The number of ketones is 1. The molecule has 0 amide bonds. The molecule has 2 aromatic rings. The van der Waals surface area contributed by atoms with E-state index in [-0.39, 0.29) is 23.7 Å². The fourth-order valence-electron chi connectivity index (χ4n) is 2.58. The van der Waals surface area contributed by atoms with Crippen molar-refractivity contribution in [1.29, 1.82) is 0 Å². The van der Waals surface area contributed by atoms with E-state index in [1.54, 1.807) is 24.3 Å². The van der Waals surface area contributed by atoms with Crippen LogP contribution in [0.1, 0.15) is 23.7 Å². The first-order chi connectivity index (χ1) is 11.6. The molecule has 4 nitrogen and oxygen atoms in total. The summed E-state index contributed by atoms with van der Waals surface area (Å²) >= 11 is 0. The number of ether oxygens (including phenoxy) is 2. The average Bonchev–Trinajstić information content (AvgIpc) is 2.56. The number of rotatable bonds is 1. The molecule has 4 heteroatoms. The second-order valence-corrected chi connectivity index (χ2v) is 5.37. The first kappa shape index (κ1) is 15.7. The summed E-state index contributed by atoms with van der Waals surface area (Å²) in [6, 6.07) is 11.2. The molecule has 24 heavy (non-hydrogen) atoms. The lowest BCUT2D eigenvalue weighted by Gasteiger charge is -2.16. The highest BCUT2D eigenvalue weighted by atomic mass is 16.6. The molecule has 1 aliphatic heterocycles. The number of esters is 1. The molecule has 3 rings (SSSR count). The van der Waals surface area contributed by atoms with Gasteiger partial charge in [0.05, 0.1) is 5.56 Å². The van der Waals surface area contributed by atoms with Crippen LogP contribution in [-0.2, 0) is 9.53 Å². The summed E-state index contributed by atoms with van der Waals surface area (Å²) in [6.07, 6.45) is 5.15. The number of hydrogen-bond acceptors (Lipinski definition) is 4. The van der Waals surface area contributed by atoms with E-state index in [1.807, 2.05) is 30.3 Å². The monoisotopic (exact) mass is 320 g/mol. The molecule has 2 aromatic carbocycles. The smallest absolute Gasteiger partial charge is 0.308 e. The summed E-state index contributed by atoms with van der Waals surface area (Å²) in [5.74, 6) is 0.270. The van der Waals surface area contributed by atoms with Crippen molar-refractivity contribution in [2.45, 2.75) is 13.3 Å². The Balaban J connectivity index is 2.13. The third-order valence-electron chi connectivity index (χ3n) is 3.62. The fourth-order valence-corrected chi connectivity index (χ4v) is 2.58. The van der Waals surface area contributed by atoms with E-state index in [0.717, 1.165) is 10.8 Å². The number of carbonyl (C=O) groups excluding carboxylic acids is 2. The summed E-state index contributed by atoms with van der Waals surface area (Å²) in [5, 5.41) is 1.77. The molecular weight excluding hydrogens is 304 g/mol. The molecule has 0 unspecified atom stereocenters. The highest BCUT2D eigenvalue weighted by Crippen LogP contribution is 2.32. The minimum Gasteiger partial charge on any atom is -0.453 e. The van der Waals surface area contributed by atoms with Gasteiger partial charge in [0.1, 0.15) is 5.75 Å². The van der Waals surface area contributed by atoms with Crippen LogP contribution in [0, 0.1) is 0 Å². The minimum atomic E-state index is -0.466. The van der Waals surface area contributed by atoms with Crippen molar-refractivity contribution in [3.8, 4) is 5.75 Å². The van der Waals surface area contributed by atoms with Gasteiger partial charge in [-0.1, -0.05) is 49.1 Å². The van der Waals surface area contributed by atoms with Gasteiger partial charge < -0.3 is 9.47 Å². The van der Waals surface area contributed by atoms with Crippen LogP contribution in [-0.4, -0.2) is 11.8 Å². The summed E-state index contributed by atoms with van der Waals surface area (Å²) in [7, 11) is 0. The van der Waals surface area contributed by atoms with E-state index < -0.39 is 5.97 Å². The molecule has 0 saturated carbocycles. The summed E-state index contributed by atoms with van der Waals surface area (Å²) in [4.78, 5) is 23.9. The topological polar surface area (TPSA) is 52.6 Å². The van der Waals surface area contributed by atoms with Gasteiger partial charge in [-0.2, -0.15) is 0 Å². The highest BCUT2D eigenvalue weighted by molar-refractivity contribution is 6.11. The highest BCUT2D eigenvalue weighted by Gasteiger charge is 2.19. The first-order valence-corrected chi connectivity index (χ1v) is 7.53. The van der Waals surface area contributed by atoms with E-state index in [2.05, 4.69) is 6.58 Å². The molecule has 1 heterocycles. The Kier molecular flexibility index (Phi) is 4.29. The van der Waals surface area contributed by atoms with Gasteiger partial charge in [-0.15, -0.1) is 0 Å². The maximum atomic E-state index is 12.6. The van der Waals surface area contributed by atoms with Gasteiger partial charge >= 0.3 is 5.97 Å². The summed E-state index contributed by atoms with van der Waals surface area (Å²) in [6.45, 7) is 5.12. The Morgan fingerprint density at radius 3 is 2.79 bits per heavy atom. The molecule has 0 bridgehead atoms. The zero-order chi connectivity index (χ0) is 17.1. The van der Waals surface area contributed by atoms with E-state index in [1.165, 1.54) is 6.92 Å². The van der Waals surface area contributed by atoms with Crippen LogP contribution in [0.4, 0.5) is 0 Å². The van der Waals surface area contributed by atoms with Crippen molar-refractivity contribution in [1.82, 2.24) is 0 Å². The van der Waals surface area contributed by atoms with Gasteiger partial charge in [0.25, 0.3) is 0 Å². The van der Waals surface area contributed by atoms with Crippen LogP contribution in [0.5, 0.6) is 5.75 Å². The van der Waals surface area contributed by atoms with Gasteiger partial charge in [0.2, 0.25) is 0 Å². The van der Waals surface area contributed by atoms with Crippen LogP contribution < -0.4 is 4.74 Å². The summed E-state index contributed by atoms with van der Waals surface area (Å²) in [5.41, 5.74) is 0.503. The van der Waals surface area contributed by atoms with Gasteiger partial charge in [-0.25, -0.2) is 0 Å². The molecule has 0 atom stereocenters. The number of allylic oxidation sites excluding steroid dienone is 3. The number of hydrogen-bond donors (Lipinski definition) is 0. The molecule has 0 aliphatic carbocycles. The predicted molar refractivity (Wildman–Crippen MR) is 91.7 cm³/mol. The Morgan fingerprint density at radius 1 is 1.21 bits per heavy atom. The second-order valence-electron chi connectivity index (χ2n) is 5.37. The van der Waals surface area contributed by atoms with Crippen LogP contribution in [0.15, 0.2) is 72.7 Å². The third-order valence-corrected chi connectivity index (χ3v) is 3.62. The predicted octanol–water partition coefficient (Wildman–Crippen LogP) is 4.32. The normalized spacial score (nSPS) is 18.1. The number of carbonyl (C=O) groups is 2. The van der Waals surface area contributed by atoms with Crippen LogP contribution in [0.25, 0.3) is 10.8 Å². The van der Waals surface area contributed by atoms with E-state index in [0.29, 0.717) is 11.3 Å². The molecule has 0 N–H and O–H groups in total. The largest absolute Gasteiger partial charge is 0.453 e.